The number of thiol groups is 1. The van der Waals surface area contributed by atoms with Gasteiger partial charge in [-0.25, -0.2) is 0 Å². The fraction of sp³-hybridized carbons (Fsp3) is 1.00. The molecule has 272 valence electrons. The molecule has 0 N–H and O–H groups in total. The fourth-order valence-corrected chi connectivity index (χ4v) is 8.22. The average molecular weight is 673 g/mol. The average Bonchev–Trinajstić information content (AvgIpc) is 3.03. The quantitative estimate of drug-likeness (QED) is 0.0400. The second-order valence-electron chi connectivity index (χ2n) is 14.1. The molecule has 5 heteroatoms. The molecule has 0 spiro atoms. The van der Waals surface area contributed by atoms with Crippen LogP contribution in [0.5, 0.6) is 0 Å². The van der Waals surface area contributed by atoms with Gasteiger partial charge >= 0.3 is 9.53 Å². The van der Waals surface area contributed by atoms with Crippen molar-refractivity contribution in [2.24, 2.45) is 0 Å². The van der Waals surface area contributed by atoms with E-state index in [1.54, 1.807) is 0 Å². The molecule has 0 rings (SSSR count). The summed E-state index contributed by atoms with van der Waals surface area (Å²) in [5, 5.41) is 0.213. The molecule has 0 aliphatic heterocycles. The molecular formula is C40H84O3SSi. The summed E-state index contributed by atoms with van der Waals surface area (Å²) in [4.78, 5) is 0. The first-order valence-electron chi connectivity index (χ1n) is 20.7. The SMILES string of the molecule is CCCCCCCCCCCCCC(O[SiH](OCCCCCCCCCCCC)OCCCCCCCCCCCC)C(C)S. The van der Waals surface area contributed by atoms with Crippen LogP contribution in [0.2, 0.25) is 0 Å². The highest BCUT2D eigenvalue weighted by Crippen LogP contribution is 2.19. The lowest BCUT2D eigenvalue weighted by Crippen LogP contribution is -2.36. The van der Waals surface area contributed by atoms with Crippen LogP contribution in [0.15, 0.2) is 0 Å². The minimum Gasteiger partial charge on any atom is -0.376 e. The smallest absolute Gasteiger partial charge is 0.376 e. The number of unbranched alkanes of at least 4 members (excludes halogenated alkanes) is 28. The van der Waals surface area contributed by atoms with Gasteiger partial charge in [0.25, 0.3) is 0 Å². The van der Waals surface area contributed by atoms with E-state index in [1.165, 1.54) is 186 Å². The van der Waals surface area contributed by atoms with E-state index in [4.69, 9.17) is 25.9 Å². The number of hydrogen-bond donors (Lipinski definition) is 1. The van der Waals surface area contributed by atoms with E-state index in [0.29, 0.717) is 0 Å². The lowest BCUT2D eigenvalue weighted by Gasteiger charge is -2.26. The van der Waals surface area contributed by atoms with Gasteiger partial charge in [0.2, 0.25) is 0 Å². The van der Waals surface area contributed by atoms with Crippen LogP contribution in [0.1, 0.15) is 233 Å². The van der Waals surface area contributed by atoms with Crippen molar-refractivity contribution in [3.05, 3.63) is 0 Å². The van der Waals surface area contributed by atoms with Gasteiger partial charge in [-0.2, -0.15) is 12.6 Å². The highest BCUT2D eigenvalue weighted by molar-refractivity contribution is 7.81. The van der Waals surface area contributed by atoms with Gasteiger partial charge < -0.3 is 13.3 Å². The second-order valence-corrected chi connectivity index (χ2v) is 16.5. The van der Waals surface area contributed by atoms with Gasteiger partial charge in [-0.05, 0) is 19.3 Å². The van der Waals surface area contributed by atoms with Crippen LogP contribution < -0.4 is 0 Å². The standard InChI is InChI=1S/C40H84O3SSi/c1-5-8-11-14-17-20-23-24-27-30-33-36-40(39(4)44)43-45(41-37-34-31-28-25-21-18-15-12-9-6-2)42-38-35-32-29-26-22-19-16-13-10-7-3/h39-40,44-45H,5-38H2,1-4H3. The molecule has 2 atom stereocenters. The van der Waals surface area contributed by atoms with E-state index in [0.717, 1.165) is 32.5 Å². The summed E-state index contributed by atoms with van der Waals surface area (Å²) in [5.74, 6) is 0. The zero-order valence-electron chi connectivity index (χ0n) is 31.4. The summed E-state index contributed by atoms with van der Waals surface area (Å²) in [5.41, 5.74) is 0. The van der Waals surface area contributed by atoms with Gasteiger partial charge in [0.05, 0.1) is 6.10 Å². The third-order valence-corrected chi connectivity index (χ3v) is 11.3. The van der Waals surface area contributed by atoms with Crippen LogP contribution >= 0.6 is 12.6 Å². The first-order chi connectivity index (χ1) is 22.2. The number of rotatable bonds is 39. The first kappa shape index (κ1) is 45.4. The maximum atomic E-state index is 6.61. The van der Waals surface area contributed by atoms with Crippen LogP contribution in [0.3, 0.4) is 0 Å². The van der Waals surface area contributed by atoms with Gasteiger partial charge in [0.1, 0.15) is 0 Å². The normalized spacial score (nSPS) is 13.2. The molecular weight excluding hydrogens is 589 g/mol. The maximum absolute atomic E-state index is 6.61. The Morgan fingerprint density at radius 3 is 0.956 bits per heavy atom. The molecule has 0 saturated heterocycles. The highest BCUT2D eigenvalue weighted by Gasteiger charge is 2.24. The Kier molecular flexibility index (Phi) is 39.3. The molecule has 0 aliphatic carbocycles. The molecule has 0 bridgehead atoms. The molecule has 0 fully saturated rings. The molecule has 3 nitrogen and oxygen atoms in total. The summed E-state index contributed by atoms with van der Waals surface area (Å²) in [6.45, 7) is 10.6. The fourth-order valence-electron chi connectivity index (χ4n) is 6.24. The van der Waals surface area contributed by atoms with E-state index < -0.39 is 9.53 Å². The van der Waals surface area contributed by atoms with Gasteiger partial charge in [0.15, 0.2) is 0 Å². The minimum atomic E-state index is -2.15. The highest BCUT2D eigenvalue weighted by atomic mass is 32.1. The minimum absolute atomic E-state index is 0.143. The largest absolute Gasteiger partial charge is 0.484 e. The van der Waals surface area contributed by atoms with E-state index in [1.807, 2.05) is 0 Å². The lowest BCUT2D eigenvalue weighted by molar-refractivity contribution is 0.0513. The summed E-state index contributed by atoms with van der Waals surface area (Å²) >= 11 is 4.83. The summed E-state index contributed by atoms with van der Waals surface area (Å²) in [7, 11) is -2.15. The Hall–Kier alpha value is 0.447. The molecule has 0 aromatic carbocycles. The topological polar surface area (TPSA) is 27.7 Å². The lowest BCUT2D eigenvalue weighted by atomic mass is 10.0. The Morgan fingerprint density at radius 2 is 0.667 bits per heavy atom. The Bertz CT molecular complexity index is 510. The monoisotopic (exact) mass is 673 g/mol. The van der Waals surface area contributed by atoms with Crippen molar-refractivity contribution in [2.75, 3.05) is 13.2 Å². The third-order valence-electron chi connectivity index (χ3n) is 9.42. The van der Waals surface area contributed by atoms with Crippen LogP contribution in [0.25, 0.3) is 0 Å². The zero-order chi connectivity index (χ0) is 32.9. The van der Waals surface area contributed by atoms with Crippen molar-refractivity contribution in [1.29, 1.82) is 0 Å². The summed E-state index contributed by atoms with van der Waals surface area (Å²) < 4.78 is 19.3. The molecule has 0 heterocycles. The molecule has 0 amide bonds. The van der Waals surface area contributed by atoms with Crippen molar-refractivity contribution in [2.45, 2.75) is 245 Å². The van der Waals surface area contributed by atoms with Crippen molar-refractivity contribution in [3.63, 3.8) is 0 Å². The number of hydrogen-bond acceptors (Lipinski definition) is 4. The van der Waals surface area contributed by atoms with E-state index in [2.05, 4.69) is 27.7 Å². The molecule has 0 aromatic rings. The molecule has 0 radical (unpaired) electrons. The first-order valence-corrected chi connectivity index (χ1v) is 22.6. The zero-order valence-corrected chi connectivity index (χ0v) is 33.5. The molecule has 0 aliphatic rings. The van der Waals surface area contributed by atoms with Gasteiger partial charge in [-0.3, -0.25) is 0 Å². The van der Waals surface area contributed by atoms with Crippen molar-refractivity contribution >= 4 is 22.2 Å². The van der Waals surface area contributed by atoms with Gasteiger partial charge in [-0.1, -0.05) is 214 Å². The van der Waals surface area contributed by atoms with Crippen molar-refractivity contribution < 1.29 is 13.3 Å². The van der Waals surface area contributed by atoms with Gasteiger partial charge in [-0.15, -0.1) is 0 Å². The second kappa shape index (κ2) is 38.9. The molecule has 45 heavy (non-hydrogen) atoms. The van der Waals surface area contributed by atoms with Crippen LogP contribution in [-0.2, 0) is 13.3 Å². The summed E-state index contributed by atoms with van der Waals surface area (Å²) in [6.07, 6.45) is 43.3. The van der Waals surface area contributed by atoms with E-state index >= 15 is 0 Å². The Balaban J connectivity index is 4.31. The van der Waals surface area contributed by atoms with Crippen LogP contribution in [0, 0.1) is 0 Å². The molecule has 0 aromatic heterocycles. The van der Waals surface area contributed by atoms with E-state index in [-0.39, 0.29) is 11.4 Å². The van der Waals surface area contributed by atoms with E-state index in [9.17, 15) is 0 Å². The van der Waals surface area contributed by atoms with Crippen LogP contribution in [-0.4, -0.2) is 34.1 Å². The third kappa shape index (κ3) is 35.6. The van der Waals surface area contributed by atoms with Crippen molar-refractivity contribution in [3.8, 4) is 0 Å². The summed E-state index contributed by atoms with van der Waals surface area (Å²) in [6, 6.07) is 0. The Labute approximate surface area is 292 Å². The maximum Gasteiger partial charge on any atom is 0.484 e. The predicted molar refractivity (Wildman–Crippen MR) is 207 cm³/mol. The van der Waals surface area contributed by atoms with Gasteiger partial charge in [0, 0.05) is 18.5 Å². The van der Waals surface area contributed by atoms with Crippen molar-refractivity contribution in [1.82, 2.24) is 0 Å². The molecule has 0 saturated carbocycles. The predicted octanol–water partition coefficient (Wildman–Crippen LogP) is 14.0. The van der Waals surface area contributed by atoms with Crippen LogP contribution in [0.4, 0.5) is 0 Å². The molecule has 2 unspecified atom stereocenters. The Morgan fingerprint density at radius 1 is 0.400 bits per heavy atom.